The number of halogens is 2. The molecule has 0 heterocycles. The fraction of sp³-hybridized carbons (Fsp3) is 0.455. The summed E-state index contributed by atoms with van der Waals surface area (Å²) in [5.74, 6) is 0.294. The van der Waals surface area contributed by atoms with Crippen LogP contribution in [0.2, 0.25) is 0 Å². The van der Waals surface area contributed by atoms with Crippen LogP contribution in [0.3, 0.4) is 0 Å². The van der Waals surface area contributed by atoms with Crippen LogP contribution >= 0.6 is 15.9 Å². The summed E-state index contributed by atoms with van der Waals surface area (Å²) in [5.41, 5.74) is 6.26. The minimum Gasteiger partial charge on any atom is -0.495 e. The highest BCUT2D eigenvalue weighted by molar-refractivity contribution is 9.10. The molecule has 1 aliphatic rings. The quantitative estimate of drug-likeness (QED) is 0.919. The van der Waals surface area contributed by atoms with Gasteiger partial charge in [-0.25, -0.2) is 4.39 Å². The lowest BCUT2D eigenvalue weighted by Gasteiger charge is -2.15. The minimum atomic E-state index is -0.224. The number of benzene rings is 1. The summed E-state index contributed by atoms with van der Waals surface area (Å²) in [4.78, 5) is 0. The van der Waals surface area contributed by atoms with Crippen LogP contribution in [0, 0.1) is 5.82 Å². The Labute approximate surface area is 96.7 Å². The van der Waals surface area contributed by atoms with E-state index >= 15 is 0 Å². The molecule has 0 spiro atoms. The van der Waals surface area contributed by atoms with E-state index < -0.39 is 0 Å². The lowest BCUT2D eigenvalue weighted by Crippen LogP contribution is -2.21. The molecule has 0 unspecified atom stereocenters. The van der Waals surface area contributed by atoms with Gasteiger partial charge in [0.1, 0.15) is 11.6 Å². The van der Waals surface area contributed by atoms with Crippen molar-refractivity contribution in [3.05, 3.63) is 28.0 Å². The zero-order valence-corrected chi connectivity index (χ0v) is 10.1. The fourth-order valence-corrected chi connectivity index (χ4v) is 2.33. The van der Waals surface area contributed by atoms with E-state index in [1.807, 2.05) is 0 Å². The van der Waals surface area contributed by atoms with E-state index in [2.05, 4.69) is 15.9 Å². The Balaban J connectivity index is 2.45. The van der Waals surface area contributed by atoms with Gasteiger partial charge in [0.05, 0.1) is 11.6 Å². The van der Waals surface area contributed by atoms with Gasteiger partial charge in [0.15, 0.2) is 0 Å². The molecule has 1 saturated carbocycles. The highest BCUT2D eigenvalue weighted by Gasteiger charge is 2.45. The van der Waals surface area contributed by atoms with Crippen LogP contribution in [0.15, 0.2) is 16.6 Å². The second-order valence-corrected chi connectivity index (χ2v) is 4.81. The molecule has 15 heavy (non-hydrogen) atoms. The normalized spacial score (nSPS) is 17.6. The van der Waals surface area contributed by atoms with Crippen molar-refractivity contribution in [1.29, 1.82) is 0 Å². The summed E-state index contributed by atoms with van der Waals surface area (Å²) in [5, 5.41) is 0. The molecule has 1 fully saturated rings. The summed E-state index contributed by atoms with van der Waals surface area (Å²) in [6.07, 6.45) is 1.94. The van der Waals surface area contributed by atoms with E-state index in [1.54, 1.807) is 6.07 Å². The maximum Gasteiger partial charge on any atom is 0.135 e. The van der Waals surface area contributed by atoms with Gasteiger partial charge in [0, 0.05) is 18.0 Å². The van der Waals surface area contributed by atoms with Crippen LogP contribution in [0.1, 0.15) is 18.4 Å². The smallest absolute Gasteiger partial charge is 0.135 e. The number of methoxy groups -OCH3 is 1. The Morgan fingerprint density at radius 2 is 2.20 bits per heavy atom. The van der Waals surface area contributed by atoms with E-state index in [0.717, 1.165) is 17.3 Å². The van der Waals surface area contributed by atoms with E-state index in [9.17, 15) is 4.39 Å². The van der Waals surface area contributed by atoms with Gasteiger partial charge in [-0.15, -0.1) is 0 Å². The Morgan fingerprint density at radius 1 is 1.53 bits per heavy atom. The van der Waals surface area contributed by atoms with E-state index in [-0.39, 0.29) is 11.2 Å². The Hall–Kier alpha value is -0.610. The summed E-state index contributed by atoms with van der Waals surface area (Å²) >= 11 is 3.36. The fourth-order valence-electron chi connectivity index (χ4n) is 1.83. The Bertz CT molecular complexity index is 390. The maximum atomic E-state index is 13.8. The van der Waals surface area contributed by atoms with Gasteiger partial charge in [-0.1, -0.05) is 0 Å². The van der Waals surface area contributed by atoms with Crippen LogP contribution in [0.25, 0.3) is 0 Å². The molecule has 0 atom stereocenters. The van der Waals surface area contributed by atoms with Gasteiger partial charge < -0.3 is 10.5 Å². The third-order valence-corrected chi connectivity index (χ3v) is 3.68. The van der Waals surface area contributed by atoms with Crippen LogP contribution in [0.5, 0.6) is 5.75 Å². The second-order valence-electron chi connectivity index (χ2n) is 3.95. The minimum absolute atomic E-state index is 0.126. The van der Waals surface area contributed by atoms with Gasteiger partial charge in [-0.2, -0.15) is 0 Å². The van der Waals surface area contributed by atoms with Gasteiger partial charge >= 0.3 is 0 Å². The monoisotopic (exact) mass is 273 g/mol. The highest BCUT2D eigenvalue weighted by atomic mass is 79.9. The third-order valence-electron chi connectivity index (χ3n) is 3.06. The van der Waals surface area contributed by atoms with Gasteiger partial charge in [-0.05, 0) is 40.4 Å². The average molecular weight is 274 g/mol. The molecule has 1 aromatic carbocycles. The lowest BCUT2D eigenvalue weighted by atomic mass is 9.95. The molecule has 4 heteroatoms. The van der Waals surface area contributed by atoms with Crippen molar-refractivity contribution in [2.45, 2.75) is 18.3 Å². The average Bonchev–Trinajstić information content (AvgIpc) is 3.01. The van der Waals surface area contributed by atoms with Crippen molar-refractivity contribution in [3.63, 3.8) is 0 Å². The lowest BCUT2D eigenvalue weighted by molar-refractivity contribution is 0.407. The van der Waals surface area contributed by atoms with E-state index in [4.69, 9.17) is 10.5 Å². The van der Waals surface area contributed by atoms with Gasteiger partial charge in [0.2, 0.25) is 0 Å². The Kier molecular flexibility index (Phi) is 2.73. The number of hydrogen-bond acceptors (Lipinski definition) is 2. The van der Waals surface area contributed by atoms with E-state index in [1.165, 1.54) is 13.2 Å². The standard InChI is InChI=1S/C11H13BrFNO/c1-15-10-5-9(13)7(4-8(10)12)11(6-14)2-3-11/h4-5H,2-3,6,14H2,1H3. The molecule has 2 rings (SSSR count). The molecule has 0 saturated heterocycles. The van der Waals surface area contributed by atoms with Gasteiger partial charge in [0.25, 0.3) is 0 Å². The van der Waals surface area contributed by atoms with Crippen molar-refractivity contribution in [2.24, 2.45) is 5.73 Å². The van der Waals surface area contributed by atoms with E-state index in [0.29, 0.717) is 17.9 Å². The van der Waals surface area contributed by atoms with Crippen LogP contribution in [-0.2, 0) is 5.41 Å². The molecular weight excluding hydrogens is 261 g/mol. The topological polar surface area (TPSA) is 35.2 Å². The van der Waals surface area contributed by atoms with Gasteiger partial charge in [-0.3, -0.25) is 0 Å². The van der Waals surface area contributed by atoms with Crippen molar-refractivity contribution >= 4 is 15.9 Å². The van der Waals surface area contributed by atoms with Crippen LogP contribution < -0.4 is 10.5 Å². The maximum absolute atomic E-state index is 13.8. The first-order chi connectivity index (χ1) is 7.13. The summed E-state index contributed by atoms with van der Waals surface area (Å²) in [6, 6.07) is 3.20. The first-order valence-corrected chi connectivity index (χ1v) is 5.66. The number of ether oxygens (including phenoxy) is 1. The largest absolute Gasteiger partial charge is 0.495 e. The first-order valence-electron chi connectivity index (χ1n) is 4.86. The molecule has 1 aliphatic carbocycles. The highest BCUT2D eigenvalue weighted by Crippen LogP contribution is 2.49. The summed E-state index contributed by atoms with van der Waals surface area (Å²) < 4.78 is 19.6. The molecule has 1 aromatic rings. The first kappa shape index (κ1) is 10.9. The van der Waals surface area contributed by atoms with Crippen molar-refractivity contribution < 1.29 is 9.13 Å². The molecule has 82 valence electrons. The van der Waals surface area contributed by atoms with Crippen LogP contribution in [-0.4, -0.2) is 13.7 Å². The molecule has 2 nitrogen and oxygen atoms in total. The molecule has 0 radical (unpaired) electrons. The zero-order chi connectivity index (χ0) is 11.1. The predicted octanol–water partition coefficient (Wildman–Crippen LogP) is 2.59. The third kappa shape index (κ3) is 1.76. The summed E-state index contributed by atoms with van der Waals surface area (Å²) in [6.45, 7) is 0.503. The molecule has 2 N–H and O–H groups in total. The molecular formula is C11H13BrFNO. The van der Waals surface area contributed by atoms with Crippen molar-refractivity contribution in [2.75, 3.05) is 13.7 Å². The molecule has 0 amide bonds. The van der Waals surface area contributed by atoms with Crippen molar-refractivity contribution in [3.8, 4) is 5.75 Å². The molecule has 0 bridgehead atoms. The van der Waals surface area contributed by atoms with Crippen LogP contribution in [0.4, 0.5) is 4.39 Å². The SMILES string of the molecule is COc1cc(F)c(C2(CN)CC2)cc1Br. The molecule has 0 aliphatic heterocycles. The number of rotatable bonds is 3. The zero-order valence-electron chi connectivity index (χ0n) is 8.52. The summed E-state index contributed by atoms with van der Waals surface area (Å²) in [7, 11) is 1.52. The van der Waals surface area contributed by atoms with Crippen molar-refractivity contribution in [1.82, 2.24) is 0 Å². The number of hydrogen-bond donors (Lipinski definition) is 1. The second kappa shape index (κ2) is 3.76. The predicted molar refractivity (Wildman–Crippen MR) is 60.6 cm³/mol. The number of nitrogens with two attached hydrogens (primary N) is 1. The molecule has 0 aromatic heterocycles. The Morgan fingerprint density at radius 3 is 2.67 bits per heavy atom.